The smallest absolute Gasteiger partial charge is 0.271 e. The zero-order valence-electron chi connectivity index (χ0n) is 11.4. The summed E-state index contributed by atoms with van der Waals surface area (Å²) < 4.78 is 18.1. The van der Waals surface area contributed by atoms with Gasteiger partial charge >= 0.3 is 0 Å². The van der Waals surface area contributed by atoms with Crippen molar-refractivity contribution < 1.29 is 13.9 Å². The van der Waals surface area contributed by atoms with E-state index in [9.17, 15) is 14.5 Å². The van der Waals surface area contributed by atoms with Crippen LogP contribution in [0.3, 0.4) is 0 Å². The molecular weight excluding hydrogens is 293 g/mol. The van der Waals surface area contributed by atoms with Crippen LogP contribution in [0, 0.1) is 15.9 Å². The number of nitrogens with one attached hydrogen (secondary N) is 1. The minimum absolute atomic E-state index is 0.205. The second kappa shape index (κ2) is 5.80. The number of benzene rings is 1. The molecule has 0 bridgehead atoms. The summed E-state index contributed by atoms with van der Waals surface area (Å²) in [6.45, 7) is 1.51. The highest BCUT2D eigenvalue weighted by atomic mass is 19.1. The molecule has 1 fully saturated rings. The number of rotatable bonds is 4. The molecule has 0 saturated carbocycles. The normalized spacial score (nSPS) is 16.0. The first-order valence-corrected chi connectivity index (χ1v) is 6.55. The lowest BCUT2D eigenvalue weighted by Gasteiger charge is -2.12. The van der Waals surface area contributed by atoms with Crippen molar-refractivity contribution in [3.63, 3.8) is 0 Å². The Labute approximate surface area is 124 Å². The second-order valence-corrected chi connectivity index (χ2v) is 4.70. The molecule has 0 spiro atoms. The third kappa shape index (κ3) is 3.03. The van der Waals surface area contributed by atoms with E-state index in [1.807, 2.05) is 0 Å². The molecule has 1 N–H and O–H groups in total. The van der Waals surface area contributed by atoms with E-state index in [0.29, 0.717) is 36.7 Å². The number of hydrogen-bond donors (Lipinski definition) is 1. The van der Waals surface area contributed by atoms with Gasteiger partial charge in [0.2, 0.25) is 0 Å². The lowest BCUT2D eigenvalue weighted by atomic mass is 10.1. The molecule has 2 heterocycles. The van der Waals surface area contributed by atoms with Crippen molar-refractivity contribution in [3.05, 3.63) is 52.0 Å². The second-order valence-electron chi connectivity index (χ2n) is 4.70. The van der Waals surface area contributed by atoms with Crippen molar-refractivity contribution in [3.8, 4) is 11.3 Å². The van der Waals surface area contributed by atoms with Gasteiger partial charge in [0.1, 0.15) is 16.6 Å². The summed E-state index contributed by atoms with van der Waals surface area (Å²) in [5.41, 5.74) is 1.32. The summed E-state index contributed by atoms with van der Waals surface area (Å²) in [7, 11) is 0. The van der Waals surface area contributed by atoms with Gasteiger partial charge in [-0.2, -0.15) is 0 Å². The predicted molar refractivity (Wildman–Crippen MR) is 74.7 cm³/mol. The van der Waals surface area contributed by atoms with Crippen LogP contribution in [-0.2, 0) is 6.54 Å². The minimum Gasteiger partial charge on any atom is -0.356 e. The number of halogens is 1. The van der Waals surface area contributed by atoms with E-state index in [4.69, 9.17) is 4.52 Å². The maximum Gasteiger partial charge on any atom is 0.271 e. The number of hydrogen-bond acceptors (Lipinski definition) is 4. The average molecular weight is 305 g/mol. The summed E-state index contributed by atoms with van der Waals surface area (Å²) in [5, 5.41) is 19.8. The molecule has 22 heavy (non-hydrogen) atoms. The predicted octanol–water partition coefficient (Wildman–Crippen LogP) is 1.43. The number of guanidine groups is 1. The Morgan fingerprint density at radius 1 is 1.45 bits per heavy atom. The van der Waals surface area contributed by atoms with E-state index >= 15 is 0 Å². The highest BCUT2D eigenvalue weighted by Crippen LogP contribution is 2.21. The lowest BCUT2D eigenvalue weighted by Crippen LogP contribution is -2.30. The quantitative estimate of drug-likeness (QED) is 0.678. The molecule has 0 unspecified atom stereocenters. The van der Waals surface area contributed by atoms with Gasteiger partial charge in [-0.15, -0.1) is 0 Å². The molecule has 1 aliphatic rings. The van der Waals surface area contributed by atoms with Crippen molar-refractivity contribution in [2.45, 2.75) is 6.54 Å². The van der Waals surface area contributed by atoms with Crippen molar-refractivity contribution in [2.75, 3.05) is 13.1 Å². The molecule has 0 amide bonds. The van der Waals surface area contributed by atoms with E-state index < -0.39 is 5.03 Å². The number of aromatic nitrogens is 1. The first kappa shape index (κ1) is 14.0. The van der Waals surface area contributed by atoms with Crippen LogP contribution in [0.4, 0.5) is 4.39 Å². The molecule has 0 radical (unpaired) electrons. The monoisotopic (exact) mass is 305 g/mol. The van der Waals surface area contributed by atoms with Gasteiger partial charge in [0.25, 0.3) is 5.96 Å². The van der Waals surface area contributed by atoms with E-state index in [1.165, 1.54) is 12.1 Å². The van der Waals surface area contributed by atoms with Gasteiger partial charge in [-0.3, -0.25) is 0 Å². The molecule has 2 aromatic rings. The number of nitrogens with zero attached hydrogens (tertiary/aromatic N) is 4. The summed E-state index contributed by atoms with van der Waals surface area (Å²) >= 11 is 0. The Morgan fingerprint density at radius 3 is 2.95 bits per heavy atom. The fraction of sp³-hybridized carbons (Fsp3) is 0.231. The SMILES string of the molecule is O=[N+]([O-])/N=C1\NCCN1Cc1cc(-c2ccc(F)cc2)on1. The van der Waals surface area contributed by atoms with Gasteiger partial charge in [-0.1, -0.05) is 5.16 Å². The van der Waals surface area contributed by atoms with Gasteiger partial charge < -0.3 is 14.7 Å². The highest BCUT2D eigenvalue weighted by molar-refractivity contribution is 5.81. The van der Waals surface area contributed by atoms with Crippen LogP contribution >= 0.6 is 0 Å². The maximum absolute atomic E-state index is 12.9. The van der Waals surface area contributed by atoms with Crippen molar-refractivity contribution >= 4 is 5.96 Å². The highest BCUT2D eigenvalue weighted by Gasteiger charge is 2.22. The molecule has 9 heteroatoms. The molecule has 1 aliphatic heterocycles. The first-order chi connectivity index (χ1) is 10.6. The van der Waals surface area contributed by atoms with Crippen LogP contribution < -0.4 is 5.32 Å². The fourth-order valence-corrected chi connectivity index (χ4v) is 2.18. The molecule has 0 aliphatic carbocycles. The van der Waals surface area contributed by atoms with Gasteiger partial charge in [0, 0.05) is 24.7 Å². The zero-order valence-corrected chi connectivity index (χ0v) is 11.4. The van der Waals surface area contributed by atoms with E-state index in [2.05, 4.69) is 15.6 Å². The average Bonchev–Trinajstić information content (AvgIpc) is 3.10. The Balaban J connectivity index is 1.74. The zero-order chi connectivity index (χ0) is 15.5. The molecule has 1 aromatic carbocycles. The van der Waals surface area contributed by atoms with Crippen LogP contribution in [0.25, 0.3) is 11.3 Å². The van der Waals surface area contributed by atoms with Crippen LogP contribution in [0.5, 0.6) is 0 Å². The van der Waals surface area contributed by atoms with E-state index in [1.54, 1.807) is 23.1 Å². The standard InChI is InChI=1S/C13H12FN5O3/c14-10-3-1-9(2-4-10)12-7-11(17-22-12)8-18-6-5-15-13(18)16-19(20)21/h1-4,7H,5-6,8H2,(H,15,16). The maximum atomic E-state index is 12.9. The largest absolute Gasteiger partial charge is 0.356 e. The number of hydrazone groups is 1. The Bertz CT molecular complexity index is 713. The summed E-state index contributed by atoms with van der Waals surface area (Å²) in [4.78, 5) is 12.2. The third-order valence-electron chi connectivity index (χ3n) is 3.18. The van der Waals surface area contributed by atoms with Crippen molar-refractivity contribution in [1.29, 1.82) is 0 Å². The van der Waals surface area contributed by atoms with Crippen LogP contribution in [0.1, 0.15) is 5.69 Å². The molecular formula is C13H12FN5O3. The topological polar surface area (TPSA) is 96.8 Å². The van der Waals surface area contributed by atoms with Gasteiger partial charge in [0.15, 0.2) is 10.8 Å². The van der Waals surface area contributed by atoms with Crippen LogP contribution in [0.15, 0.2) is 40.0 Å². The number of nitro groups is 1. The van der Waals surface area contributed by atoms with Crippen LogP contribution in [0.2, 0.25) is 0 Å². The van der Waals surface area contributed by atoms with E-state index in [0.717, 1.165) is 0 Å². The Hall–Kier alpha value is -2.97. The summed E-state index contributed by atoms with van der Waals surface area (Å²) in [5.74, 6) is 0.388. The third-order valence-corrected chi connectivity index (χ3v) is 3.18. The molecule has 114 valence electrons. The Kier molecular flexibility index (Phi) is 3.69. The molecule has 8 nitrogen and oxygen atoms in total. The first-order valence-electron chi connectivity index (χ1n) is 6.55. The Morgan fingerprint density at radius 2 is 2.23 bits per heavy atom. The minimum atomic E-state index is -0.743. The summed E-state index contributed by atoms with van der Waals surface area (Å²) in [6, 6.07) is 7.58. The summed E-state index contributed by atoms with van der Waals surface area (Å²) in [6.07, 6.45) is 0. The van der Waals surface area contributed by atoms with Gasteiger partial charge in [-0.25, -0.2) is 14.5 Å². The van der Waals surface area contributed by atoms with Crippen LogP contribution in [-0.4, -0.2) is 34.1 Å². The fourth-order valence-electron chi connectivity index (χ4n) is 2.18. The lowest BCUT2D eigenvalue weighted by molar-refractivity contribution is -0.485. The molecule has 0 atom stereocenters. The van der Waals surface area contributed by atoms with Crippen molar-refractivity contribution in [1.82, 2.24) is 15.4 Å². The molecule has 1 aromatic heterocycles. The molecule has 1 saturated heterocycles. The van der Waals surface area contributed by atoms with Gasteiger partial charge in [-0.05, 0) is 24.3 Å². The molecule has 3 rings (SSSR count). The van der Waals surface area contributed by atoms with Gasteiger partial charge in [0.05, 0.1) is 6.54 Å². The van der Waals surface area contributed by atoms with E-state index in [-0.39, 0.29) is 11.8 Å². The van der Waals surface area contributed by atoms with Crippen molar-refractivity contribution in [2.24, 2.45) is 5.10 Å².